The van der Waals surface area contributed by atoms with E-state index in [1.165, 1.54) is 37.8 Å². The standard InChI is InChI=1S/C18H28N4/c1-19-18(20-12-15-9-10-15)21-13-17-8-5-11-22(17)14-16-6-3-2-4-7-16/h2-4,6-7,15,17H,5,8-14H2,1H3,(H2,19,20,21). The maximum absolute atomic E-state index is 4.33. The van der Waals surface area contributed by atoms with Gasteiger partial charge in [0.2, 0.25) is 0 Å². The van der Waals surface area contributed by atoms with Crippen LogP contribution in [0.4, 0.5) is 0 Å². The summed E-state index contributed by atoms with van der Waals surface area (Å²) < 4.78 is 0. The smallest absolute Gasteiger partial charge is 0.191 e. The molecule has 1 unspecified atom stereocenters. The lowest BCUT2D eigenvalue weighted by Gasteiger charge is -2.25. The van der Waals surface area contributed by atoms with E-state index in [0.717, 1.165) is 31.5 Å². The minimum Gasteiger partial charge on any atom is -0.356 e. The highest BCUT2D eigenvalue weighted by molar-refractivity contribution is 5.79. The Morgan fingerprint density at radius 3 is 2.64 bits per heavy atom. The second-order valence-corrected chi connectivity index (χ2v) is 6.53. The Hall–Kier alpha value is -1.55. The Morgan fingerprint density at radius 1 is 1.14 bits per heavy atom. The number of nitrogens with zero attached hydrogens (tertiary/aromatic N) is 2. The molecular formula is C18H28N4. The molecular weight excluding hydrogens is 272 g/mol. The maximum atomic E-state index is 4.33. The van der Waals surface area contributed by atoms with Crippen molar-refractivity contribution in [3.05, 3.63) is 35.9 Å². The number of aliphatic imine (C=N–C) groups is 1. The lowest BCUT2D eigenvalue weighted by atomic mass is 10.2. The van der Waals surface area contributed by atoms with E-state index >= 15 is 0 Å². The fourth-order valence-corrected chi connectivity index (χ4v) is 3.15. The van der Waals surface area contributed by atoms with Crippen molar-refractivity contribution < 1.29 is 0 Å². The van der Waals surface area contributed by atoms with Crippen LogP contribution in [0.5, 0.6) is 0 Å². The highest BCUT2D eigenvalue weighted by atomic mass is 15.2. The molecule has 1 saturated carbocycles. The van der Waals surface area contributed by atoms with Gasteiger partial charge in [-0.05, 0) is 43.7 Å². The summed E-state index contributed by atoms with van der Waals surface area (Å²) in [7, 11) is 1.86. The van der Waals surface area contributed by atoms with Crippen molar-refractivity contribution in [3.8, 4) is 0 Å². The van der Waals surface area contributed by atoms with Crippen molar-refractivity contribution in [2.24, 2.45) is 10.9 Å². The first-order valence-electron chi connectivity index (χ1n) is 8.57. The van der Waals surface area contributed by atoms with Gasteiger partial charge in [-0.2, -0.15) is 0 Å². The van der Waals surface area contributed by atoms with E-state index in [0.29, 0.717) is 6.04 Å². The number of hydrogen-bond acceptors (Lipinski definition) is 2. The largest absolute Gasteiger partial charge is 0.356 e. The molecule has 1 aliphatic carbocycles. The third-order valence-corrected chi connectivity index (χ3v) is 4.71. The topological polar surface area (TPSA) is 39.7 Å². The Labute approximate surface area is 134 Å². The van der Waals surface area contributed by atoms with Crippen LogP contribution in [-0.2, 0) is 6.54 Å². The first kappa shape index (κ1) is 15.3. The first-order valence-corrected chi connectivity index (χ1v) is 8.57. The molecule has 1 aromatic rings. The number of likely N-dealkylation sites (tertiary alicyclic amines) is 1. The summed E-state index contributed by atoms with van der Waals surface area (Å²) >= 11 is 0. The van der Waals surface area contributed by atoms with Crippen LogP contribution in [-0.4, -0.2) is 43.6 Å². The van der Waals surface area contributed by atoms with Gasteiger partial charge in [0.05, 0.1) is 0 Å². The first-order chi connectivity index (χ1) is 10.8. The van der Waals surface area contributed by atoms with Gasteiger partial charge in [0.15, 0.2) is 5.96 Å². The van der Waals surface area contributed by atoms with Crippen molar-refractivity contribution >= 4 is 5.96 Å². The highest BCUT2D eigenvalue weighted by Gasteiger charge is 2.25. The van der Waals surface area contributed by atoms with E-state index in [-0.39, 0.29) is 0 Å². The Kier molecular flexibility index (Phi) is 5.33. The molecule has 1 saturated heterocycles. The molecule has 0 aromatic heterocycles. The summed E-state index contributed by atoms with van der Waals surface area (Å²) in [5, 5.41) is 6.95. The summed E-state index contributed by atoms with van der Waals surface area (Å²) in [5.41, 5.74) is 1.41. The number of benzene rings is 1. The number of guanidine groups is 1. The molecule has 1 aromatic carbocycles. The van der Waals surface area contributed by atoms with E-state index < -0.39 is 0 Å². The number of hydrogen-bond donors (Lipinski definition) is 2. The molecule has 0 bridgehead atoms. The van der Waals surface area contributed by atoms with Crippen LogP contribution in [0, 0.1) is 5.92 Å². The predicted molar refractivity (Wildman–Crippen MR) is 92.0 cm³/mol. The lowest BCUT2D eigenvalue weighted by Crippen LogP contribution is -2.45. The Balaban J connectivity index is 1.45. The second-order valence-electron chi connectivity index (χ2n) is 6.53. The van der Waals surface area contributed by atoms with Crippen LogP contribution < -0.4 is 10.6 Å². The number of rotatable bonds is 6. The molecule has 0 amide bonds. The van der Waals surface area contributed by atoms with E-state index in [4.69, 9.17) is 0 Å². The summed E-state index contributed by atoms with van der Waals surface area (Å²) in [6, 6.07) is 11.4. The SMILES string of the molecule is CN=C(NCC1CC1)NCC1CCCN1Cc1ccccc1. The number of nitrogens with one attached hydrogen (secondary N) is 2. The normalized spacial score (nSPS) is 22.8. The van der Waals surface area contributed by atoms with E-state index in [1.54, 1.807) is 0 Å². The van der Waals surface area contributed by atoms with Crippen LogP contribution in [0.15, 0.2) is 35.3 Å². The van der Waals surface area contributed by atoms with Gasteiger partial charge in [0.25, 0.3) is 0 Å². The van der Waals surface area contributed by atoms with Crippen molar-refractivity contribution in [1.29, 1.82) is 0 Å². The zero-order valence-corrected chi connectivity index (χ0v) is 13.6. The van der Waals surface area contributed by atoms with Crippen LogP contribution in [0.1, 0.15) is 31.2 Å². The average Bonchev–Trinajstić information content (AvgIpc) is 3.28. The summed E-state index contributed by atoms with van der Waals surface area (Å²) in [4.78, 5) is 6.93. The molecule has 1 atom stereocenters. The molecule has 2 N–H and O–H groups in total. The van der Waals surface area contributed by atoms with Gasteiger partial charge in [-0.25, -0.2) is 0 Å². The van der Waals surface area contributed by atoms with Gasteiger partial charge < -0.3 is 10.6 Å². The third-order valence-electron chi connectivity index (χ3n) is 4.71. The zero-order chi connectivity index (χ0) is 15.2. The summed E-state index contributed by atoms with van der Waals surface area (Å²) in [5.74, 6) is 1.83. The fraction of sp³-hybridized carbons (Fsp3) is 0.611. The fourth-order valence-electron chi connectivity index (χ4n) is 3.15. The van der Waals surface area contributed by atoms with Crippen LogP contribution in [0.25, 0.3) is 0 Å². The Bertz CT molecular complexity index is 481. The predicted octanol–water partition coefficient (Wildman–Crippen LogP) is 2.23. The molecule has 0 radical (unpaired) electrons. The molecule has 4 nitrogen and oxygen atoms in total. The quantitative estimate of drug-likeness (QED) is 0.625. The van der Waals surface area contributed by atoms with Gasteiger partial charge in [-0.3, -0.25) is 9.89 Å². The van der Waals surface area contributed by atoms with Gasteiger partial charge >= 0.3 is 0 Å². The molecule has 2 aliphatic rings. The van der Waals surface area contributed by atoms with Crippen molar-refractivity contribution in [1.82, 2.24) is 15.5 Å². The molecule has 3 rings (SSSR count). The monoisotopic (exact) mass is 300 g/mol. The van der Waals surface area contributed by atoms with Crippen molar-refractivity contribution in [3.63, 3.8) is 0 Å². The third kappa shape index (κ3) is 4.47. The van der Waals surface area contributed by atoms with Gasteiger partial charge in [-0.15, -0.1) is 0 Å². The molecule has 2 fully saturated rings. The maximum Gasteiger partial charge on any atom is 0.191 e. The van der Waals surface area contributed by atoms with Crippen LogP contribution in [0.3, 0.4) is 0 Å². The summed E-state index contributed by atoms with van der Waals surface area (Å²) in [6.07, 6.45) is 5.32. The molecule has 120 valence electrons. The van der Waals surface area contributed by atoms with Gasteiger partial charge in [0.1, 0.15) is 0 Å². The Morgan fingerprint density at radius 2 is 1.91 bits per heavy atom. The molecule has 4 heteroatoms. The average molecular weight is 300 g/mol. The molecule has 1 heterocycles. The van der Waals surface area contributed by atoms with Gasteiger partial charge in [0, 0.05) is 32.7 Å². The van der Waals surface area contributed by atoms with Crippen molar-refractivity contribution in [2.45, 2.75) is 38.3 Å². The zero-order valence-electron chi connectivity index (χ0n) is 13.6. The molecule has 0 spiro atoms. The second kappa shape index (κ2) is 7.63. The minimum atomic E-state index is 0.611. The van der Waals surface area contributed by atoms with E-state index in [1.807, 2.05) is 7.05 Å². The highest BCUT2D eigenvalue weighted by Crippen LogP contribution is 2.27. The molecule has 1 aliphatic heterocycles. The van der Waals surface area contributed by atoms with E-state index in [9.17, 15) is 0 Å². The summed E-state index contributed by atoms with van der Waals surface area (Å²) in [6.45, 7) is 4.31. The van der Waals surface area contributed by atoms with Gasteiger partial charge in [-0.1, -0.05) is 30.3 Å². The van der Waals surface area contributed by atoms with Crippen molar-refractivity contribution in [2.75, 3.05) is 26.7 Å². The molecule has 22 heavy (non-hydrogen) atoms. The lowest BCUT2D eigenvalue weighted by molar-refractivity contribution is 0.245. The van der Waals surface area contributed by atoms with Crippen LogP contribution in [0.2, 0.25) is 0 Å². The van der Waals surface area contributed by atoms with E-state index in [2.05, 4.69) is 50.9 Å². The van der Waals surface area contributed by atoms with Crippen LogP contribution >= 0.6 is 0 Å². The minimum absolute atomic E-state index is 0.611.